The predicted octanol–water partition coefficient (Wildman–Crippen LogP) is 4.73. The van der Waals surface area contributed by atoms with Crippen LogP contribution in [0.25, 0.3) is 0 Å². The zero-order valence-corrected chi connectivity index (χ0v) is 10.5. The van der Waals surface area contributed by atoms with Crippen molar-refractivity contribution in [3.63, 3.8) is 0 Å². The normalized spacial score (nSPS) is 40.6. The molecule has 15 heavy (non-hydrogen) atoms. The first kappa shape index (κ1) is 11.0. The number of allylic oxidation sites excluding steroid dienone is 3. The van der Waals surface area contributed by atoms with Gasteiger partial charge in [0.25, 0.3) is 0 Å². The van der Waals surface area contributed by atoms with E-state index in [9.17, 15) is 0 Å². The molecule has 0 aromatic carbocycles. The average Bonchev–Trinajstić information content (AvgIpc) is 2.19. The molecule has 84 valence electrons. The van der Waals surface area contributed by atoms with E-state index in [4.69, 9.17) is 0 Å². The monoisotopic (exact) mass is 204 g/mol. The minimum atomic E-state index is 0.486. The van der Waals surface area contributed by atoms with Crippen molar-refractivity contribution >= 4 is 0 Å². The van der Waals surface area contributed by atoms with Crippen molar-refractivity contribution < 1.29 is 0 Å². The number of rotatable bonds is 1. The maximum absolute atomic E-state index is 4.14. The van der Waals surface area contributed by atoms with Crippen LogP contribution in [0, 0.1) is 17.3 Å². The molecular formula is C15H24. The van der Waals surface area contributed by atoms with Crippen LogP contribution in [0.1, 0.15) is 52.9 Å². The average molecular weight is 204 g/mol. The molecule has 0 radical (unpaired) electrons. The molecule has 0 aromatic rings. The van der Waals surface area contributed by atoms with Crippen LogP contribution in [0.5, 0.6) is 0 Å². The third-order valence-corrected chi connectivity index (χ3v) is 4.92. The fraction of sp³-hybridized carbons (Fsp3) is 0.733. The molecule has 0 aromatic heterocycles. The Morgan fingerprint density at radius 3 is 2.93 bits per heavy atom. The molecular weight excluding hydrogens is 180 g/mol. The quantitative estimate of drug-likeness (QED) is 0.542. The minimum Gasteiger partial charge on any atom is -0.0998 e. The second-order valence-corrected chi connectivity index (χ2v) is 5.92. The van der Waals surface area contributed by atoms with Crippen LogP contribution in [0.3, 0.4) is 0 Å². The van der Waals surface area contributed by atoms with Crippen molar-refractivity contribution in [3.05, 3.63) is 23.8 Å². The first-order valence-corrected chi connectivity index (χ1v) is 6.39. The Morgan fingerprint density at radius 2 is 2.27 bits per heavy atom. The SMILES string of the molecule is C=C(C)[C@@H]1CC=C2CCC[C@@H](C)[C@@]2(C)C1. The third kappa shape index (κ3) is 1.79. The van der Waals surface area contributed by atoms with Crippen LogP contribution in [0.15, 0.2) is 23.8 Å². The second-order valence-electron chi connectivity index (χ2n) is 5.92. The fourth-order valence-electron chi connectivity index (χ4n) is 3.44. The molecule has 0 nitrogen and oxygen atoms in total. The molecule has 1 fully saturated rings. The summed E-state index contributed by atoms with van der Waals surface area (Å²) in [5.41, 5.74) is 3.61. The van der Waals surface area contributed by atoms with Crippen molar-refractivity contribution in [2.24, 2.45) is 17.3 Å². The van der Waals surface area contributed by atoms with Crippen LogP contribution < -0.4 is 0 Å². The van der Waals surface area contributed by atoms with Crippen LogP contribution in [0.4, 0.5) is 0 Å². The van der Waals surface area contributed by atoms with Gasteiger partial charge in [-0.25, -0.2) is 0 Å². The lowest BCUT2D eigenvalue weighted by atomic mass is 9.58. The summed E-state index contributed by atoms with van der Waals surface area (Å²) in [5, 5.41) is 0. The van der Waals surface area contributed by atoms with E-state index in [-0.39, 0.29) is 0 Å². The fourth-order valence-corrected chi connectivity index (χ4v) is 3.44. The van der Waals surface area contributed by atoms with E-state index in [1.165, 1.54) is 37.7 Å². The Morgan fingerprint density at radius 1 is 1.53 bits per heavy atom. The molecule has 2 aliphatic carbocycles. The Balaban J connectivity index is 2.26. The van der Waals surface area contributed by atoms with E-state index in [2.05, 4.69) is 33.4 Å². The molecule has 3 atom stereocenters. The van der Waals surface area contributed by atoms with Gasteiger partial charge in [-0.1, -0.05) is 37.6 Å². The van der Waals surface area contributed by atoms with Crippen molar-refractivity contribution in [3.8, 4) is 0 Å². The molecule has 2 aliphatic rings. The van der Waals surface area contributed by atoms with Gasteiger partial charge in [-0.2, -0.15) is 0 Å². The van der Waals surface area contributed by atoms with Gasteiger partial charge in [0.15, 0.2) is 0 Å². The minimum absolute atomic E-state index is 0.486. The predicted molar refractivity (Wildman–Crippen MR) is 66.7 cm³/mol. The van der Waals surface area contributed by atoms with Crippen molar-refractivity contribution in [1.29, 1.82) is 0 Å². The molecule has 0 N–H and O–H groups in total. The van der Waals surface area contributed by atoms with Crippen LogP contribution in [-0.2, 0) is 0 Å². The molecule has 2 rings (SSSR count). The molecule has 1 saturated carbocycles. The number of hydrogen-bond donors (Lipinski definition) is 0. The Kier molecular flexibility index (Phi) is 2.79. The van der Waals surface area contributed by atoms with Crippen molar-refractivity contribution in [2.45, 2.75) is 52.9 Å². The third-order valence-electron chi connectivity index (χ3n) is 4.92. The summed E-state index contributed by atoms with van der Waals surface area (Å²) in [6.45, 7) is 11.3. The van der Waals surface area contributed by atoms with Crippen molar-refractivity contribution in [1.82, 2.24) is 0 Å². The summed E-state index contributed by atoms with van der Waals surface area (Å²) < 4.78 is 0. The molecule has 0 spiro atoms. The molecule has 0 aliphatic heterocycles. The smallest absolute Gasteiger partial charge is 0.00850 e. The van der Waals surface area contributed by atoms with E-state index < -0.39 is 0 Å². The van der Waals surface area contributed by atoms with E-state index in [0.29, 0.717) is 5.41 Å². The largest absolute Gasteiger partial charge is 0.0998 e. The highest BCUT2D eigenvalue weighted by Crippen LogP contribution is 2.52. The molecule has 0 bridgehead atoms. The molecule has 0 amide bonds. The van der Waals surface area contributed by atoms with Gasteiger partial charge in [0, 0.05) is 0 Å². The molecule has 0 unspecified atom stereocenters. The van der Waals surface area contributed by atoms with Crippen LogP contribution in [0.2, 0.25) is 0 Å². The summed E-state index contributed by atoms with van der Waals surface area (Å²) >= 11 is 0. The molecule has 0 heterocycles. The standard InChI is InChI=1S/C15H24/c1-11(2)13-8-9-14-7-5-6-12(3)15(14,4)10-13/h9,12-13H,1,5-8,10H2,2-4H3/t12-,13-,15-/m1/s1. The van der Waals surface area contributed by atoms with Gasteiger partial charge in [0.1, 0.15) is 0 Å². The van der Waals surface area contributed by atoms with Crippen molar-refractivity contribution in [2.75, 3.05) is 0 Å². The summed E-state index contributed by atoms with van der Waals surface area (Å²) in [6.07, 6.45) is 9.28. The number of fused-ring (bicyclic) bond motifs is 1. The molecule has 0 saturated heterocycles. The molecule has 0 heteroatoms. The lowest BCUT2D eigenvalue weighted by molar-refractivity contribution is 0.152. The second kappa shape index (κ2) is 3.81. The van der Waals surface area contributed by atoms with Crippen LogP contribution in [-0.4, -0.2) is 0 Å². The van der Waals surface area contributed by atoms with Gasteiger partial charge in [-0.15, -0.1) is 0 Å². The summed E-state index contributed by atoms with van der Waals surface area (Å²) in [7, 11) is 0. The van der Waals surface area contributed by atoms with E-state index >= 15 is 0 Å². The zero-order valence-electron chi connectivity index (χ0n) is 10.5. The van der Waals surface area contributed by atoms with E-state index in [1.54, 1.807) is 5.57 Å². The Hall–Kier alpha value is -0.520. The summed E-state index contributed by atoms with van der Waals surface area (Å²) in [5.74, 6) is 1.60. The maximum atomic E-state index is 4.14. The summed E-state index contributed by atoms with van der Waals surface area (Å²) in [4.78, 5) is 0. The summed E-state index contributed by atoms with van der Waals surface area (Å²) in [6, 6.07) is 0. The van der Waals surface area contributed by atoms with Gasteiger partial charge >= 0.3 is 0 Å². The highest BCUT2D eigenvalue weighted by molar-refractivity contribution is 5.23. The van der Waals surface area contributed by atoms with Crippen LogP contribution >= 0.6 is 0 Å². The van der Waals surface area contributed by atoms with E-state index in [0.717, 1.165) is 11.8 Å². The lowest BCUT2D eigenvalue weighted by Crippen LogP contribution is -2.36. The van der Waals surface area contributed by atoms with Gasteiger partial charge in [0.2, 0.25) is 0 Å². The Bertz CT molecular complexity index is 297. The topological polar surface area (TPSA) is 0 Å². The van der Waals surface area contributed by atoms with Gasteiger partial charge in [-0.3, -0.25) is 0 Å². The highest BCUT2D eigenvalue weighted by Gasteiger charge is 2.41. The van der Waals surface area contributed by atoms with Gasteiger partial charge < -0.3 is 0 Å². The first-order valence-electron chi connectivity index (χ1n) is 6.39. The highest BCUT2D eigenvalue weighted by atomic mass is 14.5. The Labute approximate surface area is 94.5 Å². The number of hydrogen-bond acceptors (Lipinski definition) is 0. The first-order chi connectivity index (χ1) is 7.04. The lowest BCUT2D eigenvalue weighted by Gasteiger charge is -2.47. The zero-order chi connectivity index (χ0) is 11.1. The van der Waals surface area contributed by atoms with E-state index in [1.807, 2.05) is 0 Å². The van der Waals surface area contributed by atoms with Gasteiger partial charge in [0.05, 0.1) is 0 Å². The van der Waals surface area contributed by atoms with Gasteiger partial charge in [-0.05, 0) is 56.3 Å². The maximum Gasteiger partial charge on any atom is -0.00850 e.